The summed E-state index contributed by atoms with van der Waals surface area (Å²) < 4.78 is 18.2. The van der Waals surface area contributed by atoms with E-state index >= 15 is 0 Å². The first-order valence-electron chi connectivity index (χ1n) is 8.29. The van der Waals surface area contributed by atoms with E-state index in [0.29, 0.717) is 41.0 Å². The number of likely N-dealkylation sites (N-methyl/N-ethyl adjacent to an activating group) is 1. The van der Waals surface area contributed by atoms with E-state index in [1.165, 1.54) is 17.0 Å². The van der Waals surface area contributed by atoms with Crippen molar-refractivity contribution in [2.45, 2.75) is 13.3 Å². The van der Waals surface area contributed by atoms with Crippen LogP contribution in [0.1, 0.15) is 11.4 Å². The molecule has 0 bridgehead atoms. The standard InChI is InChI=1S/C19H18ClFN4O2/c1-12-3-8-16(15(20)11-12)22-19(26)25(2)10-9-17-23-18(27-24-17)13-4-6-14(21)7-5-13/h3-8,11H,9-10H2,1-2H3,(H,22,26). The first-order chi connectivity index (χ1) is 12.9. The molecule has 0 radical (unpaired) electrons. The van der Waals surface area contributed by atoms with Crippen molar-refractivity contribution in [2.24, 2.45) is 0 Å². The van der Waals surface area contributed by atoms with Crippen LogP contribution >= 0.6 is 11.6 Å². The highest BCUT2D eigenvalue weighted by Crippen LogP contribution is 2.23. The molecule has 1 aromatic heterocycles. The van der Waals surface area contributed by atoms with Crippen LogP contribution in [0.5, 0.6) is 0 Å². The molecule has 27 heavy (non-hydrogen) atoms. The Morgan fingerprint density at radius 2 is 2.00 bits per heavy atom. The molecular formula is C19H18ClFN4O2. The second-order valence-corrected chi connectivity index (χ2v) is 6.51. The fourth-order valence-electron chi connectivity index (χ4n) is 2.37. The largest absolute Gasteiger partial charge is 0.334 e. The maximum atomic E-state index is 13.0. The van der Waals surface area contributed by atoms with Gasteiger partial charge in [0.1, 0.15) is 5.82 Å². The van der Waals surface area contributed by atoms with Gasteiger partial charge in [-0.05, 0) is 48.9 Å². The Balaban J connectivity index is 1.56. The van der Waals surface area contributed by atoms with E-state index in [2.05, 4.69) is 15.5 Å². The van der Waals surface area contributed by atoms with Crippen LogP contribution in [-0.4, -0.2) is 34.7 Å². The van der Waals surface area contributed by atoms with Crippen molar-refractivity contribution in [3.05, 3.63) is 64.7 Å². The van der Waals surface area contributed by atoms with E-state index in [1.54, 1.807) is 31.3 Å². The molecule has 1 N–H and O–H groups in total. The summed E-state index contributed by atoms with van der Waals surface area (Å²) in [6.07, 6.45) is 0.413. The number of carbonyl (C=O) groups excluding carboxylic acids is 1. The zero-order valence-electron chi connectivity index (χ0n) is 14.9. The van der Waals surface area contributed by atoms with Gasteiger partial charge in [-0.3, -0.25) is 0 Å². The summed E-state index contributed by atoms with van der Waals surface area (Å²) in [6.45, 7) is 2.31. The van der Waals surface area contributed by atoms with Crippen molar-refractivity contribution in [3.8, 4) is 11.5 Å². The monoisotopic (exact) mass is 388 g/mol. The third kappa shape index (κ3) is 4.83. The van der Waals surface area contributed by atoms with Gasteiger partial charge in [0.05, 0.1) is 10.7 Å². The van der Waals surface area contributed by atoms with Crippen molar-refractivity contribution in [1.82, 2.24) is 15.0 Å². The lowest BCUT2D eigenvalue weighted by Crippen LogP contribution is -2.33. The summed E-state index contributed by atoms with van der Waals surface area (Å²) in [5.74, 6) is 0.436. The van der Waals surface area contributed by atoms with E-state index in [1.807, 2.05) is 13.0 Å². The minimum Gasteiger partial charge on any atom is -0.334 e. The molecule has 8 heteroatoms. The van der Waals surface area contributed by atoms with Crippen molar-refractivity contribution in [2.75, 3.05) is 18.9 Å². The van der Waals surface area contributed by atoms with Crippen molar-refractivity contribution in [1.29, 1.82) is 0 Å². The number of hydrogen-bond donors (Lipinski definition) is 1. The Hall–Kier alpha value is -2.93. The molecule has 2 aromatic carbocycles. The smallest absolute Gasteiger partial charge is 0.321 e. The lowest BCUT2D eigenvalue weighted by Gasteiger charge is -2.17. The number of rotatable bonds is 5. The van der Waals surface area contributed by atoms with E-state index in [0.717, 1.165) is 5.56 Å². The number of halogens is 2. The Bertz CT molecular complexity index is 943. The summed E-state index contributed by atoms with van der Waals surface area (Å²) in [5.41, 5.74) is 2.20. The second kappa shape index (κ2) is 8.18. The third-order valence-corrected chi connectivity index (χ3v) is 4.26. The van der Waals surface area contributed by atoms with Crippen LogP contribution in [0.25, 0.3) is 11.5 Å². The number of benzene rings is 2. The Morgan fingerprint density at radius 3 is 2.70 bits per heavy atom. The lowest BCUT2D eigenvalue weighted by molar-refractivity contribution is 0.222. The van der Waals surface area contributed by atoms with Gasteiger partial charge >= 0.3 is 6.03 Å². The molecule has 0 aliphatic carbocycles. The first-order valence-corrected chi connectivity index (χ1v) is 8.67. The van der Waals surface area contributed by atoms with Gasteiger partial charge in [-0.25, -0.2) is 9.18 Å². The molecule has 0 saturated carbocycles. The predicted octanol–water partition coefficient (Wildman–Crippen LogP) is 4.54. The molecule has 0 unspecified atom stereocenters. The molecule has 1 heterocycles. The normalized spacial score (nSPS) is 10.7. The molecule has 0 spiro atoms. The predicted molar refractivity (Wildman–Crippen MR) is 101 cm³/mol. The van der Waals surface area contributed by atoms with Gasteiger partial charge < -0.3 is 14.7 Å². The molecular weight excluding hydrogens is 371 g/mol. The molecule has 6 nitrogen and oxygen atoms in total. The van der Waals surface area contributed by atoms with Gasteiger partial charge in [-0.15, -0.1) is 0 Å². The van der Waals surface area contributed by atoms with E-state index in [4.69, 9.17) is 16.1 Å². The van der Waals surface area contributed by atoms with Crippen molar-refractivity contribution < 1.29 is 13.7 Å². The highest BCUT2D eigenvalue weighted by atomic mass is 35.5. The van der Waals surface area contributed by atoms with E-state index in [-0.39, 0.29) is 11.8 Å². The van der Waals surface area contributed by atoms with E-state index < -0.39 is 0 Å². The number of nitrogens with one attached hydrogen (secondary N) is 1. The molecule has 0 aliphatic rings. The summed E-state index contributed by atoms with van der Waals surface area (Å²) in [5, 5.41) is 7.14. The summed E-state index contributed by atoms with van der Waals surface area (Å²) >= 11 is 6.13. The van der Waals surface area contributed by atoms with Crippen LogP contribution in [0.2, 0.25) is 5.02 Å². The molecule has 0 atom stereocenters. The lowest BCUT2D eigenvalue weighted by atomic mass is 10.2. The molecule has 140 valence electrons. The number of aromatic nitrogens is 2. The highest BCUT2D eigenvalue weighted by Gasteiger charge is 2.14. The molecule has 3 rings (SSSR count). The number of nitrogens with zero attached hydrogens (tertiary/aromatic N) is 3. The third-order valence-electron chi connectivity index (χ3n) is 3.94. The van der Waals surface area contributed by atoms with Crippen LogP contribution in [0.15, 0.2) is 47.0 Å². The quantitative estimate of drug-likeness (QED) is 0.696. The number of hydrogen-bond acceptors (Lipinski definition) is 4. The summed E-state index contributed by atoms with van der Waals surface area (Å²) in [4.78, 5) is 18.1. The number of carbonyl (C=O) groups is 1. The average molecular weight is 389 g/mol. The number of urea groups is 1. The van der Waals surface area contributed by atoms with Crippen LogP contribution < -0.4 is 5.32 Å². The van der Waals surface area contributed by atoms with Gasteiger partial charge in [-0.1, -0.05) is 22.8 Å². The Labute approximate surface area is 160 Å². The zero-order valence-corrected chi connectivity index (χ0v) is 15.6. The Morgan fingerprint density at radius 1 is 1.26 bits per heavy atom. The van der Waals surface area contributed by atoms with Crippen molar-refractivity contribution >= 4 is 23.3 Å². The van der Waals surface area contributed by atoms with E-state index in [9.17, 15) is 9.18 Å². The fraction of sp³-hybridized carbons (Fsp3) is 0.211. The minimum absolute atomic E-state index is 0.289. The summed E-state index contributed by atoms with van der Waals surface area (Å²) in [6, 6.07) is 10.9. The van der Waals surface area contributed by atoms with Crippen LogP contribution in [0.4, 0.5) is 14.9 Å². The first kappa shape index (κ1) is 18.8. The SMILES string of the molecule is Cc1ccc(NC(=O)N(C)CCc2noc(-c3ccc(F)cc3)n2)c(Cl)c1. The highest BCUT2D eigenvalue weighted by molar-refractivity contribution is 6.33. The maximum Gasteiger partial charge on any atom is 0.321 e. The van der Waals surface area contributed by atoms with Crippen LogP contribution in [0, 0.1) is 12.7 Å². The fourth-order valence-corrected chi connectivity index (χ4v) is 2.65. The summed E-state index contributed by atoms with van der Waals surface area (Å²) in [7, 11) is 1.67. The number of aryl methyl sites for hydroxylation is 1. The number of amides is 2. The average Bonchev–Trinajstić information content (AvgIpc) is 3.11. The number of anilines is 1. The molecule has 0 fully saturated rings. The van der Waals surface area contributed by atoms with Gasteiger partial charge in [0.15, 0.2) is 5.82 Å². The van der Waals surface area contributed by atoms with Crippen LogP contribution in [0.3, 0.4) is 0 Å². The van der Waals surface area contributed by atoms with Crippen LogP contribution in [-0.2, 0) is 6.42 Å². The molecule has 2 amide bonds. The van der Waals surface area contributed by atoms with Gasteiger partial charge in [0.2, 0.25) is 0 Å². The van der Waals surface area contributed by atoms with Gasteiger partial charge in [0.25, 0.3) is 5.89 Å². The van der Waals surface area contributed by atoms with Gasteiger partial charge in [0, 0.05) is 25.6 Å². The molecule has 0 aliphatic heterocycles. The zero-order chi connectivity index (χ0) is 19.4. The van der Waals surface area contributed by atoms with Crippen molar-refractivity contribution in [3.63, 3.8) is 0 Å². The molecule has 3 aromatic rings. The topological polar surface area (TPSA) is 71.3 Å². The van der Waals surface area contributed by atoms with Gasteiger partial charge in [-0.2, -0.15) is 4.98 Å². The second-order valence-electron chi connectivity index (χ2n) is 6.11. The minimum atomic E-state index is -0.334. The maximum absolute atomic E-state index is 13.0. The molecule has 0 saturated heterocycles. The Kier molecular flexibility index (Phi) is 5.71.